The van der Waals surface area contributed by atoms with Gasteiger partial charge in [-0.25, -0.2) is 0 Å². The van der Waals surface area contributed by atoms with Crippen LogP contribution < -0.4 is 10.6 Å². The summed E-state index contributed by atoms with van der Waals surface area (Å²) in [7, 11) is -3.52. The predicted octanol–water partition coefficient (Wildman–Crippen LogP) is 6.87. The fourth-order valence-corrected chi connectivity index (χ4v) is 5.31. The van der Waals surface area contributed by atoms with Gasteiger partial charge in [-0.3, -0.25) is 4.57 Å². The molecule has 0 aliphatic carbocycles. The Morgan fingerprint density at radius 2 is 1.42 bits per heavy atom. The summed E-state index contributed by atoms with van der Waals surface area (Å²) in [5.41, 5.74) is 1.93. The molecule has 0 saturated heterocycles. The van der Waals surface area contributed by atoms with E-state index < -0.39 is 7.37 Å². The number of allylic oxidation sites excluding steroid dienone is 1. The summed E-state index contributed by atoms with van der Waals surface area (Å²) >= 11 is 0. The molecule has 0 aliphatic heterocycles. The van der Waals surface area contributed by atoms with Crippen molar-refractivity contribution < 1.29 is 9.19 Å². The maximum absolute atomic E-state index is 14.1. The first-order valence-corrected chi connectivity index (χ1v) is 12.9. The van der Waals surface area contributed by atoms with Crippen molar-refractivity contribution in [3.05, 3.63) is 102 Å². The van der Waals surface area contributed by atoms with Crippen molar-refractivity contribution in [1.82, 2.24) is 0 Å². The molecule has 0 heterocycles. The zero-order valence-corrected chi connectivity index (χ0v) is 19.8. The minimum absolute atomic E-state index is 0.155. The van der Waals surface area contributed by atoms with E-state index in [1.165, 1.54) is 0 Å². The lowest BCUT2D eigenvalue weighted by Gasteiger charge is -2.17. The predicted molar refractivity (Wildman–Crippen MR) is 137 cm³/mol. The van der Waals surface area contributed by atoms with Crippen molar-refractivity contribution in [3.63, 3.8) is 0 Å². The van der Waals surface area contributed by atoms with Crippen LogP contribution in [-0.2, 0) is 9.19 Å². The largest absolute Gasteiger partial charge is 0.330 e. The Bertz CT molecular complexity index is 1110. The molecular formula is C28H29N2O2P. The van der Waals surface area contributed by atoms with Gasteiger partial charge in [0.15, 0.2) is 5.71 Å². The van der Waals surface area contributed by atoms with Crippen LogP contribution in [0, 0.1) is 11.3 Å². The summed E-state index contributed by atoms with van der Waals surface area (Å²) in [6.07, 6.45) is 6.97. The van der Waals surface area contributed by atoms with Gasteiger partial charge < -0.3 is 4.62 Å². The van der Waals surface area contributed by atoms with Crippen LogP contribution in [-0.4, -0.2) is 5.71 Å². The molecule has 0 spiro atoms. The molecule has 5 heteroatoms. The molecule has 168 valence electrons. The van der Waals surface area contributed by atoms with Gasteiger partial charge in [0, 0.05) is 0 Å². The van der Waals surface area contributed by atoms with Crippen LogP contribution >= 0.6 is 7.37 Å². The van der Waals surface area contributed by atoms with Gasteiger partial charge in [-0.1, -0.05) is 98.1 Å². The van der Waals surface area contributed by atoms with Gasteiger partial charge in [0.25, 0.3) is 0 Å². The van der Waals surface area contributed by atoms with Crippen molar-refractivity contribution in [2.24, 2.45) is 5.16 Å². The highest BCUT2D eigenvalue weighted by Crippen LogP contribution is 2.45. The van der Waals surface area contributed by atoms with E-state index in [1.54, 1.807) is 24.3 Å². The van der Waals surface area contributed by atoms with Gasteiger partial charge in [0.2, 0.25) is 0 Å². The average Bonchev–Trinajstić information content (AvgIpc) is 2.88. The zero-order chi connectivity index (χ0) is 23.4. The first kappa shape index (κ1) is 24.2. The Morgan fingerprint density at radius 3 is 1.94 bits per heavy atom. The van der Waals surface area contributed by atoms with Crippen LogP contribution in [0.4, 0.5) is 0 Å². The normalized spacial score (nSPS) is 12.2. The molecule has 0 saturated carbocycles. The Labute approximate surface area is 196 Å². The zero-order valence-electron chi connectivity index (χ0n) is 18.9. The molecule has 0 fully saturated rings. The first-order valence-electron chi connectivity index (χ1n) is 11.3. The van der Waals surface area contributed by atoms with Gasteiger partial charge in [-0.05, 0) is 54.3 Å². The number of nitrogens with zero attached hydrogens (tertiary/aromatic N) is 2. The van der Waals surface area contributed by atoms with Gasteiger partial charge in [0.05, 0.1) is 10.6 Å². The third-order valence-corrected chi connectivity index (χ3v) is 7.56. The second-order valence-electron chi connectivity index (χ2n) is 7.75. The fourth-order valence-electron chi connectivity index (χ4n) is 3.49. The summed E-state index contributed by atoms with van der Waals surface area (Å²) in [5.74, 6) is 0. The summed E-state index contributed by atoms with van der Waals surface area (Å²) in [6.45, 7) is 2.17. The Kier molecular flexibility index (Phi) is 9.24. The maximum Gasteiger partial charge on any atom is 0.330 e. The lowest BCUT2D eigenvalue weighted by atomic mass is 10.0. The molecule has 0 amide bonds. The number of hydrogen-bond donors (Lipinski definition) is 0. The maximum atomic E-state index is 14.1. The molecule has 3 aromatic carbocycles. The van der Waals surface area contributed by atoms with Crippen molar-refractivity contribution in [3.8, 4) is 6.07 Å². The van der Waals surface area contributed by atoms with Crippen LogP contribution in [0.15, 0.2) is 102 Å². The molecule has 0 unspecified atom stereocenters. The van der Waals surface area contributed by atoms with Crippen LogP contribution in [0.3, 0.4) is 0 Å². The van der Waals surface area contributed by atoms with Gasteiger partial charge in [0.1, 0.15) is 6.07 Å². The van der Waals surface area contributed by atoms with E-state index in [0.29, 0.717) is 17.0 Å². The number of nitriles is 1. The van der Waals surface area contributed by atoms with Crippen LogP contribution in [0.5, 0.6) is 0 Å². The van der Waals surface area contributed by atoms with E-state index in [4.69, 9.17) is 4.62 Å². The van der Waals surface area contributed by atoms with E-state index >= 15 is 0 Å². The first-order chi connectivity index (χ1) is 16.2. The number of benzene rings is 3. The quantitative estimate of drug-likeness (QED) is 0.137. The third-order valence-electron chi connectivity index (χ3n) is 5.29. The molecule has 33 heavy (non-hydrogen) atoms. The molecule has 3 aromatic rings. The monoisotopic (exact) mass is 456 g/mol. The lowest BCUT2D eigenvalue weighted by molar-refractivity contribution is 0.349. The highest BCUT2D eigenvalue weighted by molar-refractivity contribution is 7.74. The number of unbranched alkanes of at least 4 members (excludes halogenated alkanes) is 3. The smallest absolute Gasteiger partial charge is 0.329 e. The van der Waals surface area contributed by atoms with Crippen LogP contribution in [0.25, 0.3) is 6.08 Å². The molecule has 0 aliphatic rings. The van der Waals surface area contributed by atoms with E-state index in [-0.39, 0.29) is 5.71 Å². The Morgan fingerprint density at radius 1 is 0.879 bits per heavy atom. The van der Waals surface area contributed by atoms with Crippen LogP contribution in [0.1, 0.15) is 44.6 Å². The van der Waals surface area contributed by atoms with Gasteiger partial charge >= 0.3 is 7.37 Å². The summed E-state index contributed by atoms with van der Waals surface area (Å²) in [4.78, 5) is 0. The molecule has 0 N–H and O–H groups in total. The van der Waals surface area contributed by atoms with E-state index in [0.717, 1.165) is 36.8 Å². The highest BCUT2D eigenvalue weighted by Gasteiger charge is 2.30. The Hall–Kier alpha value is -3.41. The SMILES string of the molecule is CCCCCCC(=C\c1ccccc1)/C(C#N)=N/OP(=O)(c1ccccc1)c1ccccc1. The van der Waals surface area contributed by atoms with Crippen molar-refractivity contribution in [2.75, 3.05) is 0 Å². The van der Waals surface area contributed by atoms with Crippen molar-refractivity contribution in [1.29, 1.82) is 5.26 Å². The van der Waals surface area contributed by atoms with E-state index in [2.05, 4.69) is 18.1 Å². The van der Waals surface area contributed by atoms with E-state index in [9.17, 15) is 9.83 Å². The summed E-state index contributed by atoms with van der Waals surface area (Å²) in [5, 5.41) is 15.2. The second kappa shape index (κ2) is 12.6. The molecule has 0 radical (unpaired) electrons. The Balaban J connectivity index is 1.97. The standard InChI is InChI=1S/C28H29N2O2P/c1-2-3-4-10-17-25(22-24-15-8-5-9-16-24)28(23-29)30-32-33(31,26-18-11-6-12-19-26)27-20-13-7-14-21-27/h5-9,11-16,18-22H,2-4,10,17H2,1H3/b25-22+,30-28+. The topological polar surface area (TPSA) is 62.4 Å². The second-order valence-corrected chi connectivity index (χ2v) is 10.0. The fraction of sp³-hybridized carbons (Fsp3) is 0.214. The number of oxime groups is 1. The number of hydrogen-bond acceptors (Lipinski definition) is 4. The average molecular weight is 457 g/mol. The molecule has 4 nitrogen and oxygen atoms in total. The highest BCUT2D eigenvalue weighted by atomic mass is 31.2. The van der Waals surface area contributed by atoms with E-state index in [1.807, 2.05) is 72.8 Å². The van der Waals surface area contributed by atoms with Gasteiger partial charge in [-0.15, -0.1) is 0 Å². The van der Waals surface area contributed by atoms with Crippen LogP contribution in [0.2, 0.25) is 0 Å². The van der Waals surface area contributed by atoms with Gasteiger partial charge in [-0.2, -0.15) is 5.26 Å². The third kappa shape index (κ3) is 6.78. The van der Waals surface area contributed by atoms with Crippen molar-refractivity contribution >= 4 is 29.8 Å². The summed E-state index contributed by atoms with van der Waals surface area (Å²) in [6, 6.07) is 30.1. The molecular weight excluding hydrogens is 427 g/mol. The minimum atomic E-state index is -3.52. The molecule has 0 bridgehead atoms. The van der Waals surface area contributed by atoms with Crippen molar-refractivity contribution in [2.45, 2.75) is 39.0 Å². The molecule has 3 rings (SSSR count). The molecule has 0 atom stereocenters. The minimum Gasteiger partial charge on any atom is -0.329 e. The lowest BCUT2D eigenvalue weighted by Crippen LogP contribution is -2.17. The summed E-state index contributed by atoms with van der Waals surface area (Å²) < 4.78 is 19.8. The number of rotatable bonds is 11. The molecule has 0 aromatic heterocycles.